The standard InChI is InChI=1S/C11H11F15O3Si/c1-2-30(27-3-6(12,13)9(18,19)20,28-4-7(14,15)10(21,22)23)29-5-8(16,17)11(24,25)26/h2-5H2,1H3. The lowest BCUT2D eigenvalue weighted by Gasteiger charge is -2.33. The van der Waals surface area contributed by atoms with Crippen molar-refractivity contribution in [1.29, 1.82) is 0 Å². The fraction of sp³-hybridized carbons (Fsp3) is 1.00. The Labute approximate surface area is 158 Å². The summed E-state index contributed by atoms with van der Waals surface area (Å²) in [6.45, 7) is -8.03. The topological polar surface area (TPSA) is 27.7 Å². The average molecular weight is 504 g/mol. The Bertz CT molecular complexity index is 479. The Morgan fingerprint density at radius 1 is 0.467 bits per heavy atom. The fourth-order valence-corrected chi connectivity index (χ4v) is 3.34. The molecule has 3 nitrogen and oxygen atoms in total. The minimum atomic E-state index is -6.35. The summed E-state index contributed by atoms with van der Waals surface area (Å²) >= 11 is 0. The van der Waals surface area contributed by atoms with Crippen LogP contribution in [0.1, 0.15) is 6.92 Å². The Morgan fingerprint density at radius 3 is 0.800 bits per heavy atom. The summed E-state index contributed by atoms with van der Waals surface area (Å²) in [5, 5.41) is 0. The lowest BCUT2D eigenvalue weighted by Crippen LogP contribution is -2.55. The quantitative estimate of drug-likeness (QED) is 0.287. The lowest BCUT2D eigenvalue weighted by atomic mass is 10.3. The summed E-state index contributed by atoms with van der Waals surface area (Å²) in [7, 11) is -5.78. The molecule has 0 saturated carbocycles. The van der Waals surface area contributed by atoms with Crippen LogP contribution in [0.25, 0.3) is 0 Å². The van der Waals surface area contributed by atoms with Gasteiger partial charge in [0.25, 0.3) is 0 Å². The minimum absolute atomic E-state index is 0.579. The van der Waals surface area contributed by atoms with E-state index >= 15 is 0 Å². The van der Waals surface area contributed by atoms with Crippen LogP contribution in [0, 0.1) is 0 Å². The molecule has 0 aromatic rings. The van der Waals surface area contributed by atoms with Crippen LogP contribution >= 0.6 is 0 Å². The summed E-state index contributed by atoms with van der Waals surface area (Å²) in [5.41, 5.74) is 0. The molecule has 0 aliphatic carbocycles. The first-order valence-corrected chi connectivity index (χ1v) is 9.12. The highest BCUT2D eigenvalue weighted by molar-refractivity contribution is 6.60. The predicted octanol–water partition coefficient (Wildman–Crippen LogP) is 5.59. The van der Waals surface area contributed by atoms with Gasteiger partial charge in [0.2, 0.25) is 0 Å². The van der Waals surface area contributed by atoms with E-state index in [0.29, 0.717) is 6.92 Å². The van der Waals surface area contributed by atoms with E-state index in [1.54, 1.807) is 0 Å². The van der Waals surface area contributed by atoms with Crippen LogP contribution < -0.4 is 0 Å². The Balaban J connectivity index is 5.75. The lowest BCUT2D eigenvalue weighted by molar-refractivity contribution is -0.304. The van der Waals surface area contributed by atoms with Crippen LogP contribution in [-0.2, 0) is 13.3 Å². The van der Waals surface area contributed by atoms with Gasteiger partial charge in [-0.2, -0.15) is 65.9 Å². The van der Waals surface area contributed by atoms with Gasteiger partial charge in [-0.15, -0.1) is 0 Å². The molecule has 0 spiro atoms. The average Bonchev–Trinajstić information content (AvgIpc) is 2.51. The molecule has 0 fully saturated rings. The van der Waals surface area contributed by atoms with Crippen LogP contribution in [0.5, 0.6) is 0 Å². The van der Waals surface area contributed by atoms with Gasteiger partial charge >= 0.3 is 45.1 Å². The van der Waals surface area contributed by atoms with E-state index in [9.17, 15) is 65.9 Å². The second kappa shape index (κ2) is 8.89. The predicted molar refractivity (Wildman–Crippen MR) is 67.1 cm³/mol. The third kappa shape index (κ3) is 7.33. The minimum Gasteiger partial charge on any atom is -0.367 e. The summed E-state index contributed by atoms with van der Waals surface area (Å²) < 4.78 is 198. The fourth-order valence-electron chi connectivity index (χ4n) is 1.28. The van der Waals surface area contributed by atoms with Crippen LogP contribution in [-0.4, -0.2) is 64.9 Å². The normalized spacial score (nSPS) is 15.6. The SMILES string of the molecule is CC[Si](OCC(F)(F)C(F)(F)F)(OCC(F)(F)C(F)(F)F)OCC(F)(F)C(F)(F)F. The van der Waals surface area contributed by atoms with E-state index in [-0.39, 0.29) is 0 Å². The van der Waals surface area contributed by atoms with Gasteiger partial charge in [-0.05, 0) is 0 Å². The second-order valence-corrected chi connectivity index (χ2v) is 8.45. The third-order valence-electron chi connectivity index (χ3n) is 3.10. The molecule has 182 valence electrons. The third-order valence-corrected chi connectivity index (χ3v) is 5.72. The first kappa shape index (κ1) is 29.0. The zero-order valence-corrected chi connectivity index (χ0v) is 15.2. The molecule has 0 rings (SSSR count). The van der Waals surface area contributed by atoms with Crippen molar-refractivity contribution >= 4 is 8.80 Å². The molecule has 0 aromatic heterocycles. The molecule has 0 radical (unpaired) electrons. The van der Waals surface area contributed by atoms with Crippen molar-refractivity contribution in [2.45, 2.75) is 49.3 Å². The molecule has 0 aliphatic rings. The van der Waals surface area contributed by atoms with Gasteiger partial charge in [0.15, 0.2) is 0 Å². The molecule has 0 heterocycles. The molecular formula is C11H11F15O3Si. The van der Waals surface area contributed by atoms with Crippen molar-refractivity contribution in [2.24, 2.45) is 0 Å². The number of halogens is 15. The molecule has 0 aliphatic heterocycles. The van der Waals surface area contributed by atoms with Crippen LogP contribution in [0.15, 0.2) is 0 Å². The van der Waals surface area contributed by atoms with Crippen molar-refractivity contribution in [3.05, 3.63) is 0 Å². The first-order valence-electron chi connectivity index (χ1n) is 7.18. The van der Waals surface area contributed by atoms with Crippen molar-refractivity contribution in [2.75, 3.05) is 19.8 Å². The van der Waals surface area contributed by atoms with Crippen molar-refractivity contribution in [3.8, 4) is 0 Å². The zero-order valence-electron chi connectivity index (χ0n) is 14.2. The molecule has 0 amide bonds. The van der Waals surface area contributed by atoms with Gasteiger partial charge in [-0.25, -0.2) is 0 Å². The van der Waals surface area contributed by atoms with E-state index in [1.165, 1.54) is 0 Å². The Kier molecular flexibility index (Phi) is 8.61. The highest BCUT2D eigenvalue weighted by atomic mass is 28.4. The van der Waals surface area contributed by atoms with E-state index in [0.717, 1.165) is 0 Å². The second-order valence-electron chi connectivity index (χ2n) is 5.51. The van der Waals surface area contributed by atoms with Gasteiger partial charge in [0.05, 0.1) is 0 Å². The van der Waals surface area contributed by atoms with E-state index in [4.69, 9.17) is 0 Å². The molecule has 30 heavy (non-hydrogen) atoms. The largest absolute Gasteiger partial charge is 0.501 e. The highest BCUT2D eigenvalue weighted by Crippen LogP contribution is 2.40. The Morgan fingerprint density at radius 2 is 0.667 bits per heavy atom. The van der Waals surface area contributed by atoms with Crippen molar-refractivity contribution < 1.29 is 79.1 Å². The van der Waals surface area contributed by atoms with Gasteiger partial charge in [-0.1, -0.05) is 6.92 Å². The van der Waals surface area contributed by atoms with E-state index in [1.807, 2.05) is 0 Å². The summed E-state index contributed by atoms with van der Waals surface area (Å²) in [4.78, 5) is 0. The van der Waals surface area contributed by atoms with Crippen molar-refractivity contribution in [1.82, 2.24) is 0 Å². The molecular weight excluding hydrogens is 493 g/mol. The zero-order chi connectivity index (χ0) is 24.4. The molecule has 0 N–H and O–H groups in total. The van der Waals surface area contributed by atoms with E-state index in [2.05, 4.69) is 13.3 Å². The Hall–Kier alpha value is -0.953. The first-order chi connectivity index (χ1) is 12.9. The molecule has 0 unspecified atom stereocenters. The highest BCUT2D eigenvalue weighted by Gasteiger charge is 2.63. The van der Waals surface area contributed by atoms with Gasteiger partial charge in [-0.3, -0.25) is 0 Å². The smallest absolute Gasteiger partial charge is 0.367 e. The number of alkyl halides is 15. The monoisotopic (exact) mass is 504 g/mol. The van der Waals surface area contributed by atoms with Gasteiger partial charge in [0, 0.05) is 6.04 Å². The van der Waals surface area contributed by atoms with Crippen LogP contribution in [0.3, 0.4) is 0 Å². The summed E-state index contributed by atoms with van der Waals surface area (Å²) in [6, 6.07) is -1.32. The van der Waals surface area contributed by atoms with E-state index < -0.39 is 71.0 Å². The maximum atomic E-state index is 12.9. The summed E-state index contributed by atoms with van der Waals surface area (Å²) in [5.74, 6) is -17.4. The maximum absolute atomic E-state index is 12.9. The summed E-state index contributed by atoms with van der Waals surface area (Å²) in [6.07, 6.45) is -19.1. The molecule has 0 atom stereocenters. The number of hydrogen-bond donors (Lipinski definition) is 0. The molecule has 19 heteroatoms. The number of rotatable bonds is 10. The molecule has 0 bridgehead atoms. The number of hydrogen-bond acceptors (Lipinski definition) is 3. The van der Waals surface area contributed by atoms with Crippen LogP contribution in [0.2, 0.25) is 6.04 Å². The van der Waals surface area contributed by atoms with Gasteiger partial charge < -0.3 is 13.3 Å². The van der Waals surface area contributed by atoms with Crippen molar-refractivity contribution in [3.63, 3.8) is 0 Å². The van der Waals surface area contributed by atoms with Gasteiger partial charge in [0.1, 0.15) is 19.8 Å². The maximum Gasteiger partial charge on any atom is 0.501 e. The molecule has 0 saturated heterocycles. The molecule has 0 aromatic carbocycles. The van der Waals surface area contributed by atoms with Crippen LogP contribution in [0.4, 0.5) is 65.9 Å².